The molecule has 9 heteroatoms. The lowest BCUT2D eigenvalue weighted by Gasteiger charge is -2.18. The molecule has 30 heavy (non-hydrogen) atoms. The normalized spacial score (nSPS) is 15.7. The monoisotopic (exact) mass is 494 g/mol. The van der Waals surface area contributed by atoms with Crippen LogP contribution in [0, 0.1) is 11.7 Å². The molecule has 0 bridgehead atoms. The Balaban J connectivity index is 1.48. The molecule has 1 N–H and O–H groups in total. The van der Waals surface area contributed by atoms with Gasteiger partial charge in [0.2, 0.25) is 11.8 Å². The molecule has 158 valence electrons. The average molecular weight is 495 g/mol. The fourth-order valence-corrected chi connectivity index (χ4v) is 5.95. The summed E-state index contributed by atoms with van der Waals surface area (Å²) in [4.78, 5) is 26.4. The molecule has 1 aliphatic heterocycles. The van der Waals surface area contributed by atoms with Gasteiger partial charge in [-0.2, -0.15) is 0 Å². The van der Waals surface area contributed by atoms with Crippen LogP contribution >= 0.6 is 15.9 Å². The summed E-state index contributed by atoms with van der Waals surface area (Å²) in [5, 5.41) is 2.56. The van der Waals surface area contributed by atoms with Crippen molar-refractivity contribution in [2.75, 3.05) is 22.5 Å². The van der Waals surface area contributed by atoms with Crippen LogP contribution in [-0.4, -0.2) is 32.5 Å². The van der Waals surface area contributed by atoms with Gasteiger partial charge in [-0.3, -0.25) is 9.59 Å². The number of sulfone groups is 1. The van der Waals surface area contributed by atoms with Crippen LogP contribution in [0.2, 0.25) is 0 Å². The number of nitrogens with zero attached hydrogens (tertiary/aromatic N) is 1. The van der Waals surface area contributed by atoms with Gasteiger partial charge in [0.1, 0.15) is 5.82 Å². The molecule has 2 aliphatic rings. The first kappa shape index (κ1) is 21.0. The largest absolute Gasteiger partial charge is 0.326 e. The van der Waals surface area contributed by atoms with E-state index in [4.69, 9.17) is 0 Å². The Labute approximate surface area is 182 Å². The van der Waals surface area contributed by atoms with E-state index < -0.39 is 21.6 Å². The minimum Gasteiger partial charge on any atom is -0.326 e. The Morgan fingerprint density at radius 2 is 1.87 bits per heavy atom. The second-order valence-corrected chi connectivity index (χ2v) is 10.5. The van der Waals surface area contributed by atoms with Crippen molar-refractivity contribution >= 4 is 49.0 Å². The molecular formula is C21H20BrFN2O4S. The maximum Gasteiger partial charge on any atom is 0.230 e. The summed E-state index contributed by atoms with van der Waals surface area (Å²) in [5.74, 6) is -1.18. The highest BCUT2D eigenvalue weighted by molar-refractivity contribution is 9.10. The van der Waals surface area contributed by atoms with Crippen LogP contribution in [0.5, 0.6) is 0 Å². The second kappa shape index (κ2) is 8.11. The summed E-state index contributed by atoms with van der Waals surface area (Å²) in [6, 6.07) is 8.53. The van der Waals surface area contributed by atoms with Crippen molar-refractivity contribution in [3.8, 4) is 0 Å². The second-order valence-electron chi connectivity index (χ2n) is 7.55. The summed E-state index contributed by atoms with van der Waals surface area (Å²) in [6.45, 7) is 0.556. The van der Waals surface area contributed by atoms with Crippen molar-refractivity contribution in [1.82, 2.24) is 0 Å². The van der Waals surface area contributed by atoms with Crippen LogP contribution in [0.1, 0.15) is 24.8 Å². The number of carbonyl (C=O) groups excluding carboxylic acids is 2. The number of halogens is 2. The van der Waals surface area contributed by atoms with Gasteiger partial charge in [0.05, 0.1) is 10.6 Å². The molecule has 2 aromatic rings. The third-order valence-corrected chi connectivity index (χ3v) is 7.95. The van der Waals surface area contributed by atoms with E-state index in [9.17, 15) is 22.4 Å². The van der Waals surface area contributed by atoms with Gasteiger partial charge in [0.15, 0.2) is 9.84 Å². The van der Waals surface area contributed by atoms with E-state index in [0.29, 0.717) is 28.8 Å². The smallest absolute Gasteiger partial charge is 0.230 e. The molecule has 0 atom stereocenters. The number of rotatable bonds is 6. The van der Waals surface area contributed by atoms with Crippen molar-refractivity contribution in [2.24, 2.45) is 5.92 Å². The SMILES string of the molecule is O=C(CCS(=O)(=O)c1cc2c(cc1Br)CCN2C(=O)C1CC1)Nc1ccc(F)cc1. The number of anilines is 2. The molecule has 2 aromatic carbocycles. The van der Waals surface area contributed by atoms with E-state index in [1.165, 1.54) is 24.3 Å². The molecule has 1 heterocycles. The number of hydrogen-bond acceptors (Lipinski definition) is 4. The number of carbonyl (C=O) groups is 2. The fraction of sp³-hybridized carbons (Fsp3) is 0.333. The average Bonchev–Trinajstić information content (AvgIpc) is 3.47. The Kier molecular flexibility index (Phi) is 5.67. The Morgan fingerprint density at radius 3 is 2.53 bits per heavy atom. The van der Waals surface area contributed by atoms with E-state index in [1.807, 2.05) is 0 Å². The molecule has 1 aliphatic carbocycles. The van der Waals surface area contributed by atoms with E-state index in [2.05, 4.69) is 21.2 Å². The minimum absolute atomic E-state index is 0.0508. The standard InChI is InChI=1S/C21H20BrFN2O4S/c22-17-11-14-7-9-25(21(27)13-1-2-13)18(14)12-19(17)30(28,29)10-8-20(26)24-16-5-3-15(23)4-6-16/h3-6,11-13H,1-2,7-10H2,(H,24,26). The van der Waals surface area contributed by atoms with Crippen LogP contribution in [-0.2, 0) is 25.8 Å². The van der Waals surface area contributed by atoms with Gasteiger partial charge >= 0.3 is 0 Å². The highest BCUT2D eigenvalue weighted by Gasteiger charge is 2.37. The van der Waals surface area contributed by atoms with Gasteiger partial charge in [0.25, 0.3) is 0 Å². The number of amides is 2. The third kappa shape index (κ3) is 4.41. The van der Waals surface area contributed by atoms with E-state index >= 15 is 0 Å². The van der Waals surface area contributed by atoms with Crippen LogP contribution in [0.15, 0.2) is 45.8 Å². The van der Waals surface area contributed by atoms with E-state index in [0.717, 1.165) is 18.4 Å². The fourth-order valence-electron chi connectivity index (χ4n) is 3.50. The van der Waals surface area contributed by atoms with Gasteiger partial charge in [-0.15, -0.1) is 0 Å². The number of hydrogen-bond donors (Lipinski definition) is 1. The van der Waals surface area contributed by atoms with Crippen molar-refractivity contribution in [1.29, 1.82) is 0 Å². The lowest BCUT2D eigenvalue weighted by molar-refractivity contribution is -0.119. The Bertz CT molecular complexity index is 1110. The predicted molar refractivity (Wildman–Crippen MR) is 115 cm³/mol. The molecule has 0 unspecified atom stereocenters. The lowest BCUT2D eigenvalue weighted by atomic mass is 10.2. The first-order chi connectivity index (χ1) is 14.2. The maximum absolute atomic E-state index is 13.0. The summed E-state index contributed by atoms with van der Waals surface area (Å²) in [7, 11) is -3.77. The molecular weight excluding hydrogens is 475 g/mol. The van der Waals surface area contributed by atoms with Gasteiger partial charge in [-0.1, -0.05) is 0 Å². The van der Waals surface area contributed by atoms with E-state index in [1.54, 1.807) is 17.0 Å². The number of nitrogens with one attached hydrogen (secondary N) is 1. The molecule has 1 fully saturated rings. The molecule has 1 saturated carbocycles. The molecule has 0 spiro atoms. The van der Waals surface area contributed by atoms with Crippen LogP contribution in [0.25, 0.3) is 0 Å². The van der Waals surface area contributed by atoms with Gasteiger partial charge in [-0.05, 0) is 77.2 Å². The maximum atomic E-state index is 13.0. The Morgan fingerprint density at radius 1 is 1.17 bits per heavy atom. The molecule has 4 rings (SSSR count). The molecule has 0 saturated heterocycles. The zero-order valence-corrected chi connectivity index (χ0v) is 18.4. The molecule has 6 nitrogen and oxygen atoms in total. The zero-order valence-electron chi connectivity index (χ0n) is 16.0. The minimum atomic E-state index is -3.77. The third-order valence-electron chi connectivity index (χ3n) is 5.28. The first-order valence-electron chi connectivity index (χ1n) is 9.66. The van der Waals surface area contributed by atoms with Gasteiger partial charge in [-0.25, -0.2) is 12.8 Å². The topological polar surface area (TPSA) is 83.6 Å². The van der Waals surface area contributed by atoms with Crippen molar-refractivity contribution in [3.63, 3.8) is 0 Å². The van der Waals surface area contributed by atoms with Gasteiger partial charge in [0, 0.05) is 34.7 Å². The Hall–Kier alpha value is -2.26. The highest BCUT2D eigenvalue weighted by atomic mass is 79.9. The zero-order chi connectivity index (χ0) is 21.5. The predicted octanol–water partition coefficient (Wildman–Crippen LogP) is 3.69. The van der Waals surface area contributed by atoms with Crippen molar-refractivity contribution in [3.05, 3.63) is 52.3 Å². The summed E-state index contributed by atoms with van der Waals surface area (Å²) >= 11 is 3.33. The van der Waals surface area contributed by atoms with Crippen LogP contribution in [0.3, 0.4) is 0 Å². The van der Waals surface area contributed by atoms with E-state index in [-0.39, 0.29) is 28.9 Å². The quantitative estimate of drug-likeness (QED) is 0.663. The lowest BCUT2D eigenvalue weighted by Crippen LogP contribution is -2.30. The molecule has 0 aromatic heterocycles. The molecule has 0 radical (unpaired) electrons. The van der Waals surface area contributed by atoms with Crippen molar-refractivity contribution in [2.45, 2.75) is 30.6 Å². The first-order valence-corrected chi connectivity index (χ1v) is 12.1. The van der Waals surface area contributed by atoms with Crippen molar-refractivity contribution < 1.29 is 22.4 Å². The highest BCUT2D eigenvalue weighted by Crippen LogP contribution is 2.39. The van der Waals surface area contributed by atoms with Crippen LogP contribution in [0.4, 0.5) is 15.8 Å². The summed E-state index contributed by atoms with van der Waals surface area (Å²) in [6.07, 6.45) is 2.21. The molecule has 2 amide bonds. The summed E-state index contributed by atoms with van der Waals surface area (Å²) < 4.78 is 39.2. The van der Waals surface area contributed by atoms with Crippen LogP contribution < -0.4 is 10.2 Å². The van der Waals surface area contributed by atoms with Gasteiger partial charge < -0.3 is 10.2 Å². The number of benzene rings is 2. The summed E-state index contributed by atoms with van der Waals surface area (Å²) in [5.41, 5.74) is 1.97. The number of fused-ring (bicyclic) bond motifs is 1.